The van der Waals surface area contributed by atoms with E-state index in [1.807, 2.05) is 33.2 Å². The first-order valence-corrected chi connectivity index (χ1v) is 7.47. The van der Waals surface area contributed by atoms with Crippen molar-refractivity contribution in [1.29, 1.82) is 0 Å². The van der Waals surface area contributed by atoms with Crippen molar-refractivity contribution in [3.8, 4) is 11.3 Å². The molecule has 3 rings (SSSR count). The maximum absolute atomic E-state index is 13.2. The van der Waals surface area contributed by atoms with Crippen molar-refractivity contribution in [2.75, 3.05) is 14.1 Å². The number of carbonyl (C=O) groups is 1. The molecule has 0 fully saturated rings. The molecule has 0 spiro atoms. The van der Waals surface area contributed by atoms with E-state index in [0.717, 1.165) is 5.69 Å². The number of ketones is 1. The summed E-state index contributed by atoms with van der Waals surface area (Å²) in [5.74, 6) is -0.513. The lowest BCUT2D eigenvalue weighted by atomic mass is 10.0. The van der Waals surface area contributed by atoms with Crippen LogP contribution in [-0.2, 0) is 0 Å². The smallest absolute Gasteiger partial charge is 0.191 e. The largest absolute Gasteiger partial charge is 0.383 e. The number of rotatable bonds is 4. The number of allylic oxidation sites excluding steroid dienone is 1. The fourth-order valence-corrected chi connectivity index (χ4v) is 2.38. The lowest BCUT2D eigenvalue weighted by molar-refractivity contribution is 0.104. The summed E-state index contributed by atoms with van der Waals surface area (Å²) in [4.78, 5) is 14.5. The average Bonchev–Trinajstić information content (AvgIpc) is 2.91. The second-order valence-corrected chi connectivity index (χ2v) is 5.72. The third-order valence-electron chi connectivity index (χ3n) is 3.53. The highest BCUT2D eigenvalue weighted by atomic mass is 19.1. The number of halogens is 1. The fourth-order valence-electron chi connectivity index (χ4n) is 2.38. The molecule has 0 atom stereocenters. The Balaban J connectivity index is 2.21. The predicted octanol–water partition coefficient (Wildman–Crippen LogP) is 3.10. The van der Waals surface area contributed by atoms with Crippen molar-refractivity contribution >= 4 is 11.3 Å². The first-order valence-electron chi connectivity index (χ1n) is 7.47. The number of carbonyl (C=O) groups excluding carboxylic acids is 1. The van der Waals surface area contributed by atoms with Gasteiger partial charge in [0.2, 0.25) is 0 Å². The van der Waals surface area contributed by atoms with Crippen molar-refractivity contribution in [1.82, 2.24) is 19.7 Å². The monoisotopic (exact) mass is 324 g/mol. The number of benzene rings is 1. The molecule has 0 saturated heterocycles. The molecule has 1 aromatic carbocycles. The summed E-state index contributed by atoms with van der Waals surface area (Å²) in [6.45, 7) is 1.85. The topological polar surface area (TPSA) is 50.5 Å². The van der Waals surface area contributed by atoms with Crippen LogP contribution in [0.1, 0.15) is 16.1 Å². The molecular formula is C18H17FN4O. The maximum atomic E-state index is 13.2. The fraction of sp³-hybridized carbons (Fsp3) is 0.167. The third kappa shape index (κ3) is 3.03. The Morgan fingerprint density at radius 2 is 1.83 bits per heavy atom. The van der Waals surface area contributed by atoms with Crippen LogP contribution in [0, 0.1) is 12.7 Å². The Morgan fingerprint density at radius 1 is 1.12 bits per heavy atom. The number of fused-ring (bicyclic) bond motifs is 1. The number of hydrogen-bond donors (Lipinski definition) is 0. The van der Waals surface area contributed by atoms with Crippen LogP contribution in [-0.4, -0.2) is 39.6 Å². The van der Waals surface area contributed by atoms with Gasteiger partial charge in [-0.3, -0.25) is 4.79 Å². The molecule has 0 amide bonds. The van der Waals surface area contributed by atoms with E-state index in [1.54, 1.807) is 23.2 Å². The second-order valence-electron chi connectivity index (χ2n) is 5.72. The molecule has 0 aliphatic heterocycles. The van der Waals surface area contributed by atoms with Gasteiger partial charge < -0.3 is 4.90 Å². The van der Waals surface area contributed by atoms with Crippen LogP contribution in [0.15, 0.2) is 48.7 Å². The van der Waals surface area contributed by atoms with E-state index >= 15 is 0 Å². The van der Waals surface area contributed by atoms with Gasteiger partial charge in [0.1, 0.15) is 11.5 Å². The summed E-state index contributed by atoms with van der Waals surface area (Å²) in [6, 6.07) is 9.56. The van der Waals surface area contributed by atoms with Crippen molar-refractivity contribution in [3.05, 3.63) is 65.7 Å². The average molecular weight is 324 g/mol. The van der Waals surface area contributed by atoms with Crippen LogP contribution in [0.3, 0.4) is 0 Å². The van der Waals surface area contributed by atoms with E-state index in [0.29, 0.717) is 22.3 Å². The van der Waals surface area contributed by atoms with Crippen molar-refractivity contribution in [2.45, 2.75) is 6.92 Å². The van der Waals surface area contributed by atoms with Gasteiger partial charge in [-0.05, 0) is 43.3 Å². The number of nitrogens with zero attached hydrogens (tertiary/aromatic N) is 4. The summed E-state index contributed by atoms with van der Waals surface area (Å²) in [6.07, 6.45) is 3.17. The van der Waals surface area contributed by atoms with Crippen molar-refractivity contribution in [3.63, 3.8) is 0 Å². The molecule has 122 valence electrons. The van der Waals surface area contributed by atoms with Gasteiger partial charge in [-0.15, -0.1) is 5.10 Å². The molecule has 24 heavy (non-hydrogen) atoms. The van der Waals surface area contributed by atoms with Crippen LogP contribution in [0.25, 0.3) is 16.8 Å². The zero-order chi connectivity index (χ0) is 17.3. The third-order valence-corrected chi connectivity index (χ3v) is 3.53. The van der Waals surface area contributed by atoms with Crippen LogP contribution in [0.4, 0.5) is 4.39 Å². The minimum absolute atomic E-state index is 0.177. The van der Waals surface area contributed by atoms with E-state index < -0.39 is 0 Å². The molecule has 6 heteroatoms. The summed E-state index contributed by atoms with van der Waals surface area (Å²) < 4.78 is 14.7. The normalized spacial score (nSPS) is 11.3. The Bertz CT molecular complexity index is 926. The zero-order valence-electron chi connectivity index (χ0n) is 13.7. The molecule has 0 bridgehead atoms. The Labute approximate surface area is 139 Å². The number of aryl methyl sites for hydroxylation is 1. The minimum Gasteiger partial charge on any atom is -0.383 e. The highest BCUT2D eigenvalue weighted by Crippen LogP contribution is 2.27. The second kappa shape index (κ2) is 6.23. The van der Waals surface area contributed by atoms with Gasteiger partial charge >= 0.3 is 0 Å². The minimum atomic E-state index is -0.336. The standard InChI is InChI=1S/C18H17FN4O/c1-12-4-9-15-17(16(24)10-11-22(2)3)18(21-23(15)20-12)13-5-7-14(19)8-6-13/h4-11H,1-3H3/b11-10+. The maximum Gasteiger partial charge on any atom is 0.191 e. The lowest BCUT2D eigenvalue weighted by Gasteiger charge is -2.03. The summed E-state index contributed by atoms with van der Waals surface area (Å²) >= 11 is 0. The van der Waals surface area contributed by atoms with E-state index in [-0.39, 0.29) is 11.6 Å². The molecule has 0 aliphatic carbocycles. The van der Waals surface area contributed by atoms with Crippen LogP contribution >= 0.6 is 0 Å². The molecule has 0 saturated carbocycles. The quantitative estimate of drug-likeness (QED) is 0.546. The number of hydrogen-bond acceptors (Lipinski definition) is 4. The van der Waals surface area contributed by atoms with E-state index in [9.17, 15) is 9.18 Å². The van der Waals surface area contributed by atoms with Gasteiger partial charge in [-0.25, -0.2) is 4.39 Å². The Kier molecular flexibility index (Phi) is 4.12. The predicted molar refractivity (Wildman–Crippen MR) is 90.3 cm³/mol. The Morgan fingerprint density at radius 3 is 2.50 bits per heavy atom. The highest BCUT2D eigenvalue weighted by molar-refractivity contribution is 6.13. The van der Waals surface area contributed by atoms with E-state index in [2.05, 4.69) is 10.2 Å². The van der Waals surface area contributed by atoms with Gasteiger partial charge in [0.15, 0.2) is 5.78 Å². The molecule has 0 unspecified atom stereocenters. The molecule has 2 heterocycles. The molecule has 3 aromatic rings. The van der Waals surface area contributed by atoms with Gasteiger partial charge in [-0.1, -0.05) is 0 Å². The van der Waals surface area contributed by atoms with Crippen LogP contribution in [0.2, 0.25) is 0 Å². The summed E-state index contributed by atoms with van der Waals surface area (Å²) in [5, 5.41) is 8.76. The first kappa shape index (κ1) is 15.9. The molecular weight excluding hydrogens is 307 g/mol. The van der Waals surface area contributed by atoms with Crippen molar-refractivity contribution in [2.24, 2.45) is 0 Å². The van der Waals surface area contributed by atoms with Crippen LogP contribution in [0.5, 0.6) is 0 Å². The van der Waals surface area contributed by atoms with E-state index in [4.69, 9.17) is 0 Å². The first-order chi connectivity index (χ1) is 11.5. The summed E-state index contributed by atoms with van der Waals surface area (Å²) in [5.41, 5.74) is 3.02. The SMILES string of the molecule is Cc1ccc2c(C(=O)/C=C/N(C)C)c(-c3ccc(F)cc3)nn2n1. The number of aromatic nitrogens is 3. The molecule has 0 radical (unpaired) electrons. The van der Waals surface area contributed by atoms with Crippen molar-refractivity contribution < 1.29 is 9.18 Å². The molecule has 0 N–H and O–H groups in total. The van der Waals surface area contributed by atoms with Crippen LogP contribution < -0.4 is 0 Å². The lowest BCUT2D eigenvalue weighted by Crippen LogP contribution is -2.04. The van der Waals surface area contributed by atoms with Gasteiger partial charge in [0.25, 0.3) is 0 Å². The van der Waals surface area contributed by atoms with Gasteiger partial charge in [-0.2, -0.15) is 9.73 Å². The van der Waals surface area contributed by atoms with Gasteiger partial charge in [0, 0.05) is 31.9 Å². The van der Waals surface area contributed by atoms with E-state index in [1.165, 1.54) is 22.8 Å². The highest BCUT2D eigenvalue weighted by Gasteiger charge is 2.20. The zero-order valence-corrected chi connectivity index (χ0v) is 13.7. The molecule has 5 nitrogen and oxygen atoms in total. The molecule has 2 aromatic heterocycles. The Hall–Kier alpha value is -3.02. The summed E-state index contributed by atoms with van der Waals surface area (Å²) in [7, 11) is 3.68. The molecule has 0 aliphatic rings. The van der Waals surface area contributed by atoms with Gasteiger partial charge in [0.05, 0.1) is 16.8 Å².